The van der Waals surface area contributed by atoms with Gasteiger partial charge in [-0.05, 0) is 67.6 Å². The molecule has 1 aliphatic rings. The van der Waals surface area contributed by atoms with Gasteiger partial charge in [-0.3, -0.25) is 4.79 Å². The molecule has 2 aromatic carbocycles. The number of hydrogen-bond donors (Lipinski definition) is 1. The van der Waals surface area contributed by atoms with Gasteiger partial charge in [0.2, 0.25) is 0 Å². The van der Waals surface area contributed by atoms with Crippen molar-refractivity contribution in [2.75, 3.05) is 5.32 Å². The Balaban J connectivity index is 1.66. The molecule has 0 unspecified atom stereocenters. The van der Waals surface area contributed by atoms with Crippen LogP contribution < -0.4 is 10.1 Å². The molecule has 0 heterocycles. The summed E-state index contributed by atoms with van der Waals surface area (Å²) >= 11 is 6.07. The van der Waals surface area contributed by atoms with Crippen molar-refractivity contribution in [2.24, 2.45) is 0 Å². The molecule has 5 heteroatoms. The zero-order valence-corrected chi connectivity index (χ0v) is 14.1. The quantitative estimate of drug-likeness (QED) is 0.911. The van der Waals surface area contributed by atoms with Crippen LogP contribution in [0, 0.1) is 11.3 Å². The minimum absolute atomic E-state index is 0.242. The number of benzene rings is 2. The van der Waals surface area contributed by atoms with Gasteiger partial charge in [-0.25, -0.2) is 0 Å². The smallest absolute Gasteiger partial charge is 0.265 e. The van der Waals surface area contributed by atoms with Gasteiger partial charge in [0, 0.05) is 5.69 Å². The molecule has 0 saturated heterocycles. The van der Waals surface area contributed by atoms with Crippen molar-refractivity contribution >= 4 is 23.2 Å². The number of nitrogens with zero attached hydrogens (tertiary/aromatic N) is 1. The van der Waals surface area contributed by atoms with Gasteiger partial charge in [-0.2, -0.15) is 5.26 Å². The number of nitrogens with one attached hydrogen (secondary N) is 1. The van der Waals surface area contributed by atoms with Crippen molar-refractivity contribution in [2.45, 2.75) is 32.3 Å². The predicted molar refractivity (Wildman–Crippen MR) is 93.4 cm³/mol. The lowest BCUT2D eigenvalue weighted by molar-refractivity contribution is -0.122. The first kappa shape index (κ1) is 16.4. The van der Waals surface area contributed by atoms with Crippen molar-refractivity contribution in [3.8, 4) is 11.8 Å². The normalized spacial score (nSPS) is 13.7. The van der Waals surface area contributed by atoms with Gasteiger partial charge in [-0.15, -0.1) is 0 Å². The van der Waals surface area contributed by atoms with E-state index in [2.05, 4.69) is 11.4 Å². The van der Waals surface area contributed by atoms with Crippen LogP contribution >= 0.6 is 11.6 Å². The van der Waals surface area contributed by atoms with Gasteiger partial charge >= 0.3 is 0 Å². The van der Waals surface area contributed by atoms with Crippen LogP contribution in [0.3, 0.4) is 0 Å². The molecule has 2 aromatic rings. The first-order valence-electron chi connectivity index (χ1n) is 7.86. The standard InChI is InChI=1S/C19H17ClN2O2/c1-12(24-18-8-5-13(11-21)9-17(18)20)19(23)22-16-7-6-14-3-2-4-15(14)10-16/h5-10,12H,2-4H2,1H3,(H,22,23)/t12-/m0/s1. The lowest BCUT2D eigenvalue weighted by Crippen LogP contribution is -2.30. The van der Waals surface area contributed by atoms with E-state index in [1.54, 1.807) is 19.1 Å². The number of hydrogen-bond acceptors (Lipinski definition) is 3. The molecule has 3 rings (SSSR count). The number of rotatable bonds is 4. The number of carbonyl (C=O) groups is 1. The Labute approximate surface area is 146 Å². The summed E-state index contributed by atoms with van der Waals surface area (Å²) < 4.78 is 5.62. The van der Waals surface area contributed by atoms with Gasteiger partial charge in [0.25, 0.3) is 5.91 Å². The maximum Gasteiger partial charge on any atom is 0.265 e. The fourth-order valence-electron chi connectivity index (χ4n) is 2.80. The number of anilines is 1. The van der Waals surface area contributed by atoms with E-state index < -0.39 is 6.10 Å². The number of halogens is 1. The minimum Gasteiger partial charge on any atom is -0.479 e. The van der Waals surface area contributed by atoms with Gasteiger partial charge in [0.15, 0.2) is 6.10 Å². The Bertz CT molecular complexity index is 827. The second-order valence-electron chi connectivity index (χ2n) is 5.84. The first-order valence-corrected chi connectivity index (χ1v) is 8.23. The maximum atomic E-state index is 12.3. The van der Waals surface area contributed by atoms with E-state index in [4.69, 9.17) is 21.6 Å². The Morgan fingerprint density at radius 3 is 2.79 bits per heavy atom. The molecule has 0 fully saturated rings. The van der Waals surface area contributed by atoms with Crippen molar-refractivity contribution in [3.63, 3.8) is 0 Å². The van der Waals surface area contributed by atoms with Crippen LogP contribution in [0.2, 0.25) is 5.02 Å². The third kappa shape index (κ3) is 3.52. The number of carbonyl (C=O) groups excluding carboxylic acids is 1. The molecule has 1 aliphatic carbocycles. The summed E-state index contributed by atoms with van der Waals surface area (Å²) in [6.07, 6.45) is 2.64. The van der Waals surface area contributed by atoms with Gasteiger partial charge < -0.3 is 10.1 Å². The fraction of sp³-hybridized carbons (Fsp3) is 0.263. The van der Waals surface area contributed by atoms with Gasteiger partial charge in [0.05, 0.1) is 16.7 Å². The van der Waals surface area contributed by atoms with Crippen LogP contribution in [0.25, 0.3) is 0 Å². The molecule has 0 aliphatic heterocycles. The molecular weight excluding hydrogens is 324 g/mol. The fourth-order valence-corrected chi connectivity index (χ4v) is 3.03. The summed E-state index contributed by atoms with van der Waals surface area (Å²) in [5.74, 6) is 0.139. The third-order valence-corrected chi connectivity index (χ3v) is 4.40. The van der Waals surface area contributed by atoms with Crippen molar-refractivity contribution < 1.29 is 9.53 Å². The molecule has 4 nitrogen and oxygen atoms in total. The molecular formula is C19H17ClN2O2. The molecule has 1 N–H and O–H groups in total. The van der Waals surface area contributed by atoms with Gasteiger partial charge in [0.1, 0.15) is 5.75 Å². The maximum absolute atomic E-state index is 12.3. The topological polar surface area (TPSA) is 62.1 Å². The number of ether oxygens (including phenoxy) is 1. The molecule has 0 bridgehead atoms. The minimum atomic E-state index is -0.705. The Morgan fingerprint density at radius 1 is 1.25 bits per heavy atom. The van der Waals surface area contributed by atoms with E-state index in [0.29, 0.717) is 16.3 Å². The third-order valence-electron chi connectivity index (χ3n) is 4.10. The van der Waals surface area contributed by atoms with E-state index in [1.165, 1.54) is 23.6 Å². The van der Waals surface area contributed by atoms with Crippen LogP contribution in [-0.2, 0) is 17.6 Å². The average Bonchev–Trinajstić information content (AvgIpc) is 3.04. The summed E-state index contributed by atoms with van der Waals surface area (Å²) in [4.78, 5) is 12.3. The Morgan fingerprint density at radius 2 is 2.04 bits per heavy atom. The molecule has 24 heavy (non-hydrogen) atoms. The van der Waals surface area contributed by atoms with Crippen LogP contribution in [0.15, 0.2) is 36.4 Å². The van der Waals surface area contributed by atoms with Crippen molar-refractivity contribution in [3.05, 3.63) is 58.1 Å². The summed E-state index contributed by atoms with van der Waals surface area (Å²) in [5, 5.41) is 12.0. The highest BCUT2D eigenvalue weighted by Crippen LogP contribution is 2.27. The average molecular weight is 341 g/mol. The number of amides is 1. The summed E-state index contributed by atoms with van der Waals surface area (Å²) in [6.45, 7) is 1.66. The van der Waals surface area contributed by atoms with Crippen LogP contribution in [-0.4, -0.2) is 12.0 Å². The Hall–Kier alpha value is -2.51. The number of fused-ring (bicyclic) bond motifs is 1. The van der Waals surface area contributed by atoms with Gasteiger partial charge in [-0.1, -0.05) is 17.7 Å². The van der Waals surface area contributed by atoms with Crippen LogP contribution in [0.4, 0.5) is 5.69 Å². The second-order valence-corrected chi connectivity index (χ2v) is 6.25. The highest BCUT2D eigenvalue weighted by atomic mass is 35.5. The summed E-state index contributed by atoms with van der Waals surface area (Å²) in [6, 6.07) is 12.7. The Kier molecular flexibility index (Phi) is 4.73. The SMILES string of the molecule is C[C@H](Oc1ccc(C#N)cc1Cl)C(=O)Nc1ccc2c(c1)CCC2. The first-order chi connectivity index (χ1) is 11.6. The molecule has 1 amide bonds. The number of aryl methyl sites for hydroxylation is 2. The molecule has 0 spiro atoms. The highest BCUT2D eigenvalue weighted by Gasteiger charge is 2.18. The zero-order chi connectivity index (χ0) is 17.1. The summed E-state index contributed by atoms with van der Waals surface area (Å²) in [5.41, 5.74) is 3.89. The van der Waals surface area contributed by atoms with E-state index in [9.17, 15) is 4.79 Å². The zero-order valence-electron chi connectivity index (χ0n) is 13.3. The largest absolute Gasteiger partial charge is 0.479 e. The lowest BCUT2D eigenvalue weighted by atomic mass is 10.1. The van der Waals surface area contributed by atoms with E-state index in [1.807, 2.05) is 18.2 Å². The van der Waals surface area contributed by atoms with Crippen LogP contribution in [0.5, 0.6) is 5.75 Å². The van der Waals surface area contributed by atoms with E-state index >= 15 is 0 Å². The van der Waals surface area contributed by atoms with E-state index in [-0.39, 0.29) is 5.91 Å². The highest BCUT2D eigenvalue weighted by molar-refractivity contribution is 6.32. The van der Waals surface area contributed by atoms with Crippen molar-refractivity contribution in [1.29, 1.82) is 5.26 Å². The lowest BCUT2D eigenvalue weighted by Gasteiger charge is -2.16. The number of nitriles is 1. The summed E-state index contributed by atoms with van der Waals surface area (Å²) in [7, 11) is 0. The second kappa shape index (κ2) is 6.94. The molecule has 1 atom stereocenters. The van der Waals surface area contributed by atoms with E-state index in [0.717, 1.165) is 18.5 Å². The predicted octanol–water partition coefficient (Wildman–Crippen LogP) is 4.11. The van der Waals surface area contributed by atoms with Crippen molar-refractivity contribution in [1.82, 2.24) is 0 Å². The molecule has 122 valence electrons. The molecule has 0 aromatic heterocycles. The molecule has 0 radical (unpaired) electrons. The van der Waals surface area contributed by atoms with Crippen LogP contribution in [0.1, 0.15) is 30.0 Å². The molecule has 0 saturated carbocycles. The monoisotopic (exact) mass is 340 g/mol.